The number of unbranched alkanes of at least 4 members (excludes halogenated alkanes) is 1. The lowest BCUT2D eigenvalue weighted by atomic mass is 10.0. The lowest BCUT2D eigenvalue weighted by Gasteiger charge is -2.28. The van der Waals surface area contributed by atoms with E-state index < -0.39 is 31.6 Å². The molecule has 196 valence electrons. The molecule has 35 heavy (non-hydrogen) atoms. The molecule has 2 aromatic rings. The molecule has 2 rings (SSSR count). The summed E-state index contributed by atoms with van der Waals surface area (Å²) in [6.45, 7) is 4.04. The zero-order valence-electron chi connectivity index (χ0n) is 20.5. The molecule has 0 saturated heterocycles. The molecule has 0 radical (unpaired) electrons. The minimum atomic E-state index is -4.94. The quantitative estimate of drug-likeness (QED) is 0.364. The third-order valence-electron chi connectivity index (χ3n) is 5.01. The lowest BCUT2D eigenvalue weighted by molar-refractivity contribution is -2.00. The number of carbonyl (C=O) groups is 1. The van der Waals surface area contributed by atoms with Gasteiger partial charge in [0.25, 0.3) is 5.91 Å². The Bertz CT molecular complexity index is 1010. The van der Waals surface area contributed by atoms with Crippen molar-refractivity contribution >= 4 is 26.8 Å². The van der Waals surface area contributed by atoms with Crippen LogP contribution >= 0.6 is 0 Å². The van der Waals surface area contributed by atoms with Gasteiger partial charge in [-0.1, -0.05) is 61.4 Å². The summed E-state index contributed by atoms with van der Waals surface area (Å²) in [6.07, 6.45) is 4.10. The number of rotatable bonds is 10. The molecule has 0 spiro atoms. The Balaban J connectivity index is 0.00000111. The van der Waals surface area contributed by atoms with Crippen LogP contribution in [0.2, 0.25) is 0 Å². The standard InChI is InChI=1S/C23H33N2O3S2.ClHO4/c1-6-7-17-29(5)22(23(26)25(3)4)21(19-11-9-8-10-12-19)24-30(27,28)20-15-13-18(2)14-16-20;2-1(3,4)5/h8-16,21-22,24H,6-7,17H2,1-5H3;(H,2,3,4,5)/q+1;/p-1/t21-,22-,29?;/m1./s1. The van der Waals surface area contributed by atoms with Gasteiger partial charge in [0.15, 0.2) is 0 Å². The van der Waals surface area contributed by atoms with Gasteiger partial charge in [-0.2, -0.15) is 4.72 Å². The van der Waals surface area contributed by atoms with E-state index in [0.717, 1.165) is 29.7 Å². The molecule has 2 aromatic carbocycles. The van der Waals surface area contributed by atoms with E-state index in [1.807, 2.05) is 37.3 Å². The van der Waals surface area contributed by atoms with Crippen molar-refractivity contribution in [2.45, 2.75) is 42.9 Å². The summed E-state index contributed by atoms with van der Waals surface area (Å²) >= 11 is 0. The molecule has 0 heterocycles. The maximum absolute atomic E-state index is 13.2. The molecule has 1 unspecified atom stereocenters. The topological polar surface area (TPSA) is 159 Å². The SMILES string of the molecule is CCCC[S+](C)[C@@H](C(=O)N(C)C)[C@H](NS(=O)(=O)c1ccc(C)cc1)c1ccccc1.[O-][Cl+3]([O-])([O-])[O-]. The molecule has 0 fully saturated rings. The van der Waals surface area contributed by atoms with Crippen molar-refractivity contribution in [1.29, 1.82) is 0 Å². The van der Waals surface area contributed by atoms with Crippen molar-refractivity contribution in [2.24, 2.45) is 0 Å². The van der Waals surface area contributed by atoms with Crippen LogP contribution in [0.1, 0.15) is 36.9 Å². The molecule has 0 bridgehead atoms. The number of carbonyl (C=O) groups excluding carboxylic acids is 1. The average molecular weight is 549 g/mol. The van der Waals surface area contributed by atoms with Gasteiger partial charge in [0.05, 0.1) is 11.2 Å². The van der Waals surface area contributed by atoms with Gasteiger partial charge in [0, 0.05) is 14.1 Å². The Kier molecular flexibility index (Phi) is 12.7. The Labute approximate surface area is 212 Å². The number of nitrogens with one attached hydrogen (secondary N) is 1. The van der Waals surface area contributed by atoms with Gasteiger partial charge in [0.1, 0.15) is 11.8 Å². The van der Waals surface area contributed by atoms with Crippen LogP contribution in [0.25, 0.3) is 0 Å². The van der Waals surface area contributed by atoms with Gasteiger partial charge < -0.3 is 4.90 Å². The van der Waals surface area contributed by atoms with Crippen LogP contribution in [-0.4, -0.2) is 50.6 Å². The fourth-order valence-electron chi connectivity index (χ4n) is 3.22. The van der Waals surface area contributed by atoms with Crippen molar-refractivity contribution in [3.63, 3.8) is 0 Å². The largest absolute Gasteiger partial charge is 0.344 e. The van der Waals surface area contributed by atoms with Crippen LogP contribution in [-0.2, 0) is 25.7 Å². The molecule has 9 nitrogen and oxygen atoms in total. The molecule has 0 saturated carbocycles. The van der Waals surface area contributed by atoms with Gasteiger partial charge in [-0.25, -0.2) is 27.1 Å². The van der Waals surface area contributed by atoms with Gasteiger partial charge in [-0.15, -0.1) is 10.2 Å². The molecule has 3 atom stereocenters. The number of amides is 1. The molecular weight excluding hydrogens is 516 g/mol. The minimum absolute atomic E-state index is 0.0580. The van der Waals surface area contributed by atoms with Crippen molar-refractivity contribution in [1.82, 2.24) is 9.62 Å². The van der Waals surface area contributed by atoms with Gasteiger partial charge in [-0.3, -0.25) is 4.79 Å². The maximum Gasteiger partial charge on any atom is 0.277 e. The van der Waals surface area contributed by atoms with Crippen molar-refractivity contribution in [3.05, 3.63) is 65.7 Å². The molecule has 0 aliphatic heterocycles. The third kappa shape index (κ3) is 11.3. The Morgan fingerprint density at radius 2 is 1.54 bits per heavy atom. The summed E-state index contributed by atoms with van der Waals surface area (Å²) in [7, 11) is -5.60. The number of hydrogen-bond donors (Lipinski definition) is 1. The number of sulfonamides is 1. The first kappa shape index (κ1) is 31.3. The Hall–Kier alpha value is -1.70. The number of benzene rings is 2. The van der Waals surface area contributed by atoms with Crippen LogP contribution < -0.4 is 23.4 Å². The third-order valence-corrected chi connectivity index (χ3v) is 8.74. The predicted octanol–water partition coefficient (Wildman–Crippen LogP) is -1.24. The number of nitrogens with zero attached hydrogens (tertiary/aromatic N) is 1. The van der Waals surface area contributed by atoms with E-state index in [-0.39, 0.29) is 21.7 Å². The highest BCUT2D eigenvalue weighted by molar-refractivity contribution is 7.97. The van der Waals surface area contributed by atoms with E-state index in [1.165, 1.54) is 0 Å². The van der Waals surface area contributed by atoms with E-state index in [0.29, 0.717) is 0 Å². The highest BCUT2D eigenvalue weighted by Crippen LogP contribution is 2.28. The Morgan fingerprint density at radius 1 is 1.03 bits per heavy atom. The number of halogens is 1. The molecule has 1 amide bonds. The van der Waals surface area contributed by atoms with Crippen molar-refractivity contribution < 1.29 is 42.1 Å². The second-order valence-corrected chi connectivity index (χ2v) is 12.9. The Morgan fingerprint density at radius 3 is 2.00 bits per heavy atom. The van der Waals surface area contributed by atoms with Crippen LogP contribution in [0, 0.1) is 17.2 Å². The molecular formula is C23H33ClN2O7S2. The van der Waals surface area contributed by atoms with E-state index in [9.17, 15) is 13.2 Å². The fraction of sp³-hybridized carbons (Fsp3) is 0.435. The van der Waals surface area contributed by atoms with E-state index >= 15 is 0 Å². The minimum Gasteiger partial charge on any atom is -0.344 e. The summed E-state index contributed by atoms with van der Waals surface area (Å²) < 4.78 is 63.3. The monoisotopic (exact) mass is 548 g/mol. The highest BCUT2D eigenvalue weighted by Gasteiger charge is 2.44. The first-order valence-corrected chi connectivity index (χ1v) is 15.3. The van der Waals surface area contributed by atoms with Gasteiger partial charge in [-0.05, 0) is 41.9 Å². The average Bonchev–Trinajstić information content (AvgIpc) is 2.76. The zero-order valence-corrected chi connectivity index (χ0v) is 22.9. The smallest absolute Gasteiger partial charge is 0.277 e. The van der Waals surface area contributed by atoms with Gasteiger partial charge in [0.2, 0.25) is 15.3 Å². The highest BCUT2D eigenvalue weighted by atomic mass is 35.7. The van der Waals surface area contributed by atoms with Gasteiger partial charge >= 0.3 is 0 Å². The van der Waals surface area contributed by atoms with Crippen molar-refractivity contribution in [2.75, 3.05) is 26.1 Å². The normalized spacial score (nSPS) is 14.3. The van der Waals surface area contributed by atoms with Crippen LogP contribution in [0.15, 0.2) is 59.5 Å². The molecule has 0 aliphatic carbocycles. The van der Waals surface area contributed by atoms with E-state index in [4.69, 9.17) is 18.6 Å². The maximum atomic E-state index is 13.2. The van der Waals surface area contributed by atoms with Crippen LogP contribution in [0.4, 0.5) is 0 Å². The summed E-state index contributed by atoms with van der Waals surface area (Å²) in [6, 6.07) is 15.5. The fourth-order valence-corrected chi connectivity index (χ4v) is 6.78. The molecule has 12 heteroatoms. The van der Waals surface area contributed by atoms with Crippen molar-refractivity contribution in [3.8, 4) is 0 Å². The molecule has 1 N–H and O–H groups in total. The summed E-state index contributed by atoms with van der Waals surface area (Å²) in [5.74, 6) is 0.827. The first-order valence-electron chi connectivity index (χ1n) is 10.8. The summed E-state index contributed by atoms with van der Waals surface area (Å²) in [4.78, 5) is 15.0. The van der Waals surface area contributed by atoms with Crippen LogP contribution in [0.5, 0.6) is 0 Å². The lowest BCUT2D eigenvalue weighted by Crippen LogP contribution is -2.68. The summed E-state index contributed by atoms with van der Waals surface area (Å²) in [5.41, 5.74) is 1.79. The second-order valence-electron chi connectivity index (χ2n) is 8.10. The van der Waals surface area contributed by atoms with Crippen LogP contribution in [0.3, 0.4) is 0 Å². The number of hydrogen-bond acceptors (Lipinski definition) is 7. The molecule has 0 aromatic heterocycles. The summed E-state index contributed by atoms with van der Waals surface area (Å²) in [5, 5.41) is -0.478. The number of aryl methyl sites for hydroxylation is 1. The van der Waals surface area contributed by atoms with E-state index in [2.05, 4.69) is 17.9 Å². The second kappa shape index (κ2) is 14.1. The zero-order chi connectivity index (χ0) is 26.8. The first-order chi connectivity index (χ1) is 16.2. The van der Waals surface area contributed by atoms with E-state index in [1.54, 1.807) is 43.3 Å². The predicted molar refractivity (Wildman–Crippen MR) is 126 cm³/mol. The molecule has 0 aliphatic rings.